The SMILES string of the molecule is Cc1ccc2c(oc3ccccc32)c1-c1ccc(CC(C)(C)C)c[n+]1C. The Balaban J connectivity index is 1.92. The Morgan fingerprint density at radius 2 is 1.69 bits per heavy atom. The van der Waals surface area contributed by atoms with Crippen LogP contribution in [0, 0.1) is 12.3 Å². The lowest BCUT2D eigenvalue weighted by atomic mass is 9.88. The molecule has 2 heterocycles. The Kier molecular flexibility index (Phi) is 3.87. The molecule has 0 spiro atoms. The van der Waals surface area contributed by atoms with Gasteiger partial charge in [-0.25, -0.2) is 4.57 Å². The third-order valence-electron chi connectivity index (χ3n) is 4.94. The number of hydrogen-bond donors (Lipinski definition) is 0. The van der Waals surface area contributed by atoms with E-state index in [1.165, 1.54) is 33.2 Å². The van der Waals surface area contributed by atoms with Crippen molar-refractivity contribution in [2.24, 2.45) is 12.5 Å². The van der Waals surface area contributed by atoms with Gasteiger partial charge in [0.25, 0.3) is 0 Å². The van der Waals surface area contributed by atoms with E-state index in [9.17, 15) is 0 Å². The zero-order chi connectivity index (χ0) is 18.5. The molecule has 2 nitrogen and oxygen atoms in total. The van der Waals surface area contributed by atoms with E-state index >= 15 is 0 Å². The molecular formula is C24H26NO+. The predicted octanol–water partition coefficient (Wildman–Crippen LogP) is 5.97. The number of hydrogen-bond acceptors (Lipinski definition) is 1. The van der Waals surface area contributed by atoms with Crippen LogP contribution in [0.15, 0.2) is 59.1 Å². The van der Waals surface area contributed by atoms with Gasteiger partial charge >= 0.3 is 0 Å². The number of nitrogens with zero attached hydrogens (tertiary/aromatic N) is 1. The molecule has 0 radical (unpaired) electrons. The van der Waals surface area contributed by atoms with Crippen LogP contribution in [-0.4, -0.2) is 0 Å². The van der Waals surface area contributed by atoms with E-state index in [2.05, 4.69) is 81.9 Å². The summed E-state index contributed by atoms with van der Waals surface area (Å²) in [5.41, 5.74) is 7.16. The smallest absolute Gasteiger partial charge is 0.216 e. The second-order valence-electron chi connectivity index (χ2n) is 8.50. The predicted molar refractivity (Wildman–Crippen MR) is 108 cm³/mol. The molecule has 2 heteroatoms. The van der Waals surface area contributed by atoms with Crippen molar-refractivity contribution in [1.82, 2.24) is 0 Å². The lowest BCUT2D eigenvalue weighted by molar-refractivity contribution is -0.660. The van der Waals surface area contributed by atoms with Crippen molar-refractivity contribution in [2.75, 3.05) is 0 Å². The summed E-state index contributed by atoms with van der Waals surface area (Å²) in [6, 6.07) is 17.1. The van der Waals surface area contributed by atoms with Gasteiger partial charge in [-0.1, -0.05) is 51.1 Å². The maximum Gasteiger partial charge on any atom is 0.216 e. The maximum absolute atomic E-state index is 6.27. The average Bonchev–Trinajstić information content (AvgIpc) is 2.93. The van der Waals surface area contributed by atoms with E-state index in [-0.39, 0.29) is 5.41 Å². The first-order valence-corrected chi connectivity index (χ1v) is 9.23. The van der Waals surface area contributed by atoms with Crippen molar-refractivity contribution >= 4 is 21.9 Å². The summed E-state index contributed by atoms with van der Waals surface area (Å²) in [4.78, 5) is 0. The zero-order valence-corrected chi connectivity index (χ0v) is 16.3. The summed E-state index contributed by atoms with van der Waals surface area (Å²) in [6.07, 6.45) is 3.32. The largest absolute Gasteiger partial charge is 0.455 e. The molecule has 0 amide bonds. The van der Waals surface area contributed by atoms with E-state index in [0.29, 0.717) is 0 Å². The normalized spacial score (nSPS) is 12.2. The van der Waals surface area contributed by atoms with Crippen molar-refractivity contribution < 1.29 is 8.98 Å². The zero-order valence-electron chi connectivity index (χ0n) is 16.3. The number of fused-ring (bicyclic) bond motifs is 3. The van der Waals surface area contributed by atoms with Crippen LogP contribution >= 0.6 is 0 Å². The Morgan fingerprint density at radius 1 is 0.923 bits per heavy atom. The van der Waals surface area contributed by atoms with Gasteiger partial charge < -0.3 is 4.42 Å². The van der Waals surface area contributed by atoms with Crippen LogP contribution in [0.2, 0.25) is 0 Å². The van der Waals surface area contributed by atoms with E-state index in [1.54, 1.807) is 0 Å². The summed E-state index contributed by atoms with van der Waals surface area (Å²) in [5, 5.41) is 2.36. The summed E-state index contributed by atoms with van der Waals surface area (Å²) in [5.74, 6) is 0. The quantitative estimate of drug-likeness (QED) is 0.409. The number of aromatic nitrogens is 1. The summed E-state index contributed by atoms with van der Waals surface area (Å²) in [7, 11) is 2.13. The molecule has 26 heavy (non-hydrogen) atoms. The standard InChI is InChI=1S/C24H26NO/c1-16-10-12-19-18-8-6-7-9-21(18)26-23(19)22(16)20-13-11-17(15-25(20)5)14-24(2,3)4/h6-13,15H,14H2,1-5H3/q+1. The lowest BCUT2D eigenvalue weighted by Gasteiger charge is -2.17. The van der Waals surface area contributed by atoms with Crippen LogP contribution in [0.5, 0.6) is 0 Å². The third-order valence-corrected chi connectivity index (χ3v) is 4.94. The Bertz CT molecular complexity index is 1110. The molecule has 0 N–H and O–H groups in total. The van der Waals surface area contributed by atoms with Crippen LogP contribution in [0.25, 0.3) is 33.2 Å². The molecule has 0 fully saturated rings. The van der Waals surface area contributed by atoms with Gasteiger partial charge in [0.15, 0.2) is 6.20 Å². The summed E-state index contributed by atoms with van der Waals surface area (Å²) < 4.78 is 8.50. The molecular weight excluding hydrogens is 318 g/mol. The molecule has 0 saturated carbocycles. The van der Waals surface area contributed by atoms with Gasteiger partial charge in [-0.15, -0.1) is 0 Å². The van der Waals surface area contributed by atoms with Gasteiger partial charge in [0.2, 0.25) is 5.69 Å². The molecule has 4 aromatic rings. The van der Waals surface area contributed by atoms with Gasteiger partial charge in [0.1, 0.15) is 18.2 Å². The number of rotatable bonds is 2. The van der Waals surface area contributed by atoms with Gasteiger partial charge in [0, 0.05) is 22.4 Å². The number of para-hydroxylation sites is 1. The highest BCUT2D eigenvalue weighted by Crippen LogP contribution is 2.36. The number of aryl methyl sites for hydroxylation is 2. The van der Waals surface area contributed by atoms with Crippen molar-refractivity contribution in [3.63, 3.8) is 0 Å². The molecule has 0 bridgehead atoms. The topological polar surface area (TPSA) is 17.0 Å². The molecule has 2 aromatic heterocycles. The monoisotopic (exact) mass is 344 g/mol. The molecule has 0 aliphatic heterocycles. The first kappa shape index (κ1) is 16.8. The summed E-state index contributed by atoms with van der Waals surface area (Å²) >= 11 is 0. The Labute approximate surface area is 155 Å². The fourth-order valence-corrected chi connectivity index (χ4v) is 3.85. The highest BCUT2D eigenvalue weighted by atomic mass is 16.3. The maximum atomic E-state index is 6.27. The molecule has 0 aliphatic carbocycles. The van der Waals surface area contributed by atoms with Crippen LogP contribution in [0.3, 0.4) is 0 Å². The Hall–Kier alpha value is -2.61. The molecule has 4 rings (SSSR count). The minimum atomic E-state index is 0.281. The second kappa shape index (κ2) is 5.98. The number of furan rings is 1. The van der Waals surface area contributed by atoms with Crippen LogP contribution in [0.1, 0.15) is 31.9 Å². The van der Waals surface area contributed by atoms with Crippen molar-refractivity contribution in [1.29, 1.82) is 0 Å². The van der Waals surface area contributed by atoms with Gasteiger partial charge in [0.05, 0.1) is 5.56 Å². The van der Waals surface area contributed by atoms with Gasteiger partial charge in [-0.2, -0.15) is 0 Å². The molecule has 0 unspecified atom stereocenters. The molecule has 0 saturated heterocycles. The lowest BCUT2D eigenvalue weighted by Crippen LogP contribution is -2.32. The van der Waals surface area contributed by atoms with E-state index in [4.69, 9.17) is 4.42 Å². The minimum absolute atomic E-state index is 0.281. The average molecular weight is 344 g/mol. The molecule has 132 valence electrons. The number of benzene rings is 2. The summed E-state index contributed by atoms with van der Waals surface area (Å²) in [6.45, 7) is 8.99. The first-order chi connectivity index (χ1) is 12.3. The third kappa shape index (κ3) is 2.90. The minimum Gasteiger partial charge on any atom is -0.455 e. The molecule has 2 aromatic carbocycles. The molecule has 0 aliphatic rings. The van der Waals surface area contributed by atoms with E-state index < -0.39 is 0 Å². The fourth-order valence-electron chi connectivity index (χ4n) is 3.85. The fraction of sp³-hybridized carbons (Fsp3) is 0.292. The first-order valence-electron chi connectivity index (χ1n) is 9.23. The molecule has 0 atom stereocenters. The number of pyridine rings is 1. The van der Waals surface area contributed by atoms with Gasteiger partial charge in [-0.3, -0.25) is 0 Å². The highest BCUT2D eigenvalue weighted by Gasteiger charge is 2.21. The second-order valence-corrected chi connectivity index (χ2v) is 8.50. The van der Waals surface area contributed by atoms with Gasteiger partial charge in [-0.05, 0) is 36.5 Å². The van der Waals surface area contributed by atoms with Crippen molar-refractivity contribution in [3.8, 4) is 11.3 Å². The van der Waals surface area contributed by atoms with Crippen LogP contribution in [0.4, 0.5) is 0 Å². The van der Waals surface area contributed by atoms with E-state index in [1.807, 2.05) is 12.1 Å². The van der Waals surface area contributed by atoms with Crippen molar-refractivity contribution in [3.05, 3.63) is 65.9 Å². The van der Waals surface area contributed by atoms with E-state index in [0.717, 1.165) is 17.6 Å². The van der Waals surface area contributed by atoms with Crippen LogP contribution in [-0.2, 0) is 13.5 Å². The van der Waals surface area contributed by atoms with Crippen LogP contribution < -0.4 is 4.57 Å². The highest BCUT2D eigenvalue weighted by molar-refractivity contribution is 6.09. The Morgan fingerprint density at radius 3 is 2.42 bits per heavy atom. The van der Waals surface area contributed by atoms with Crippen molar-refractivity contribution in [2.45, 2.75) is 34.1 Å².